The summed E-state index contributed by atoms with van der Waals surface area (Å²) >= 11 is 7.52. The summed E-state index contributed by atoms with van der Waals surface area (Å²) in [5, 5.41) is 8.44. The molecule has 8 heteroatoms. The van der Waals surface area contributed by atoms with Crippen molar-refractivity contribution in [1.82, 2.24) is 25.1 Å². The van der Waals surface area contributed by atoms with E-state index in [1.54, 1.807) is 17.5 Å². The van der Waals surface area contributed by atoms with Crippen molar-refractivity contribution in [3.05, 3.63) is 65.2 Å². The average Bonchev–Trinajstić information content (AvgIpc) is 3.26. The number of nitrogens with one attached hydrogen (secondary N) is 1. The molecule has 3 heterocycles. The quantitative estimate of drug-likeness (QED) is 0.571. The molecule has 0 aliphatic carbocycles. The highest BCUT2D eigenvalue weighted by molar-refractivity contribution is 7.18. The maximum atomic E-state index is 5.97. The summed E-state index contributed by atoms with van der Waals surface area (Å²) < 4.78 is 0. The molecule has 1 aromatic carbocycles. The Bertz CT molecular complexity index is 994. The van der Waals surface area contributed by atoms with Crippen molar-refractivity contribution in [1.29, 1.82) is 0 Å². The maximum Gasteiger partial charge on any atom is 0.167 e. The minimum atomic E-state index is 0.466. The van der Waals surface area contributed by atoms with Crippen LogP contribution in [0.25, 0.3) is 21.3 Å². The molecule has 25 heavy (non-hydrogen) atoms. The van der Waals surface area contributed by atoms with Gasteiger partial charge >= 0.3 is 0 Å². The van der Waals surface area contributed by atoms with E-state index < -0.39 is 0 Å². The van der Waals surface area contributed by atoms with Crippen LogP contribution in [0.2, 0.25) is 5.02 Å². The van der Waals surface area contributed by atoms with Crippen molar-refractivity contribution in [3.8, 4) is 21.3 Å². The lowest BCUT2D eigenvalue weighted by Crippen LogP contribution is -1.93. The molecule has 6 nitrogen and oxygen atoms in total. The summed E-state index contributed by atoms with van der Waals surface area (Å²) in [7, 11) is 0. The highest BCUT2D eigenvalue weighted by Gasteiger charge is 2.17. The van der Waals surface area contributed by atoms with Gasteiger partial charge in [0.05, 0.1) is 10.6 Å². The lowest BCUT2D eigenvalue weighted by Gasteiger charge is -2.01. The van der Waals surface area contributed by atoms with Gasteiger partial charge in [-0.2, -0.15) is 5.10 Å². The van der Waals surface area contributed by atoms with E-state index in [0.717, 1.165) is 26.7 Å². The molecule has 3 N–H and O–H groups in total. The lowest BCUT2D eigenvalue weighted by molar-refractivity contribution is 1.08. The first kappa shape index (κ1) is 15.7. The predicted molar refractivity (Wildman–Crippen MR) is 99.4 cm³/mol. The fraction of sp³-hybridized carbons (Fsp3) is 0.0588. The number of aromatic nitrogens is 5. The number of pyridine rings is 1. The van der Waals surface area contributed by atoms with Crippen molar-refractivity contribution in [2.24, 2.45) is 0 Å². The van der Waals surface area contributed by atoms with Crippen LogP contribution in [0.15, 0.2) is 48.9 Å². The Balaban J connectivity index is 1.77. The van der Waals surface area contributed by atoms with Gasteiger partial charge in [-0.15, -0.1) is 11.3 Å². The van der Waals surface area contributed by atoms with Gasteiger partial charge in [0.1, 0.15) is 17.2 Å². The Morgan fingerprint density at radius 1 is 1.12 bits per heavy atom. The molecular formula is C17H13ClN6S. The Kier molecular flexibility index (Phi) is 4.17. The van der Waals surface area contributed by atoms with Crippen molar-refractivity contribution >= 4 is 28.8 Å². The van der Waals surface area contributed by atoms with E-state index in [9.17, 15) is 0 Å². The fourth-order valence-corrected chi connectivity index (χ4v) is 3.62. The number of halogens is 1. The second kappa shape index (κ2) is 6.62. The lowest BCUT2D eigenvalue weighted by atomic mass is 10.1. The van der Waals surface area contributed by atoms with E-state index in [0.29, 0.717) is 23.1 Å². The first-order valence-corrected chi connectivity index (χ1v) is 8.70. The summed E-state index contributed by atoms with van der Waals surface area (Å²) in [4.78, 5) is 14.1. The zero-order valence-corrected chi connectivity index (χ0v) is 14.6. The minimum absolute atomic E-state index is 0.466. The Hall–Kier alpha value is -2.77. The van der Waals surface area contributed by atoms with E-state index in [1.165, 1.54) is 6.33 Å². The third kappa shape index (κ3) is 3.38. The van der Waals surface area contributed by atoms with Gasteiger partial charge < -0.3 is 5.73 Å². The number of hydrogen-bond donors (Lipinski definition) is 2. The van der Waals surface area contributed by atoms with Gasteiger partial charge in [-0.1, -0.05) is 23.7 Å². The van der Waals surface area contributed by atoms with Gasteiger partial charge in [0.2, 0.25) is 0 Å². The molecule has 4 rings (SSSR count). The van der Waals surface area contributed by atoms with E-state index in [4.69, 9.17) is 22.3 Å². The van der Waals surface area contributed by atoms with Crippen molar-refractivity contribution in [3.63, 3.8) is 0 Å². The van der Waals surface area contributed by atoms with Gasteiger partial charge in [-0.25, -0.2) is 15.0 Å². The van der Waals surface area contributed by atoms with Crippen LogP contribution in [0.3, 0.4) is 0 Å². The van der Waals surface area contributed by atoms with Gasteiger partial charge in [0.15, 0.2) is 5.82 Å². The summed E-state index contributed by atoms with van der Waals surface area (Å²) in [6.07, 6.45) is 3.84. The molecule has 3 aromatic heterocycles. The standard InChI is InChI=1S/C17H13ClN6S/c18-12-3-1-10(2-4-12)7-13-15(16-21-9-22-24-16)25-17(23-13)11-5-6-20-14(19)8-11/h1-6,8-9H,7H2,(H2,19,20)(H,21,22,24). The van der Waals surface area contributed by atoms with E-state index in [2.05, 4.69) is 20.2 Å². The van der Waals surface area contributed by atoms with Crippen molar-refractivity contribution in [2.45, 2.75) is 6.42 Å². The molecule has 4 aromatic rings. The Labute approximate surface area is 152 Å². The molecule has 0 atom stereocenters. The number of aromatic amines is 1. The first-order chi connectivity index (χ1) is 12.2. The predicted octanol–water partition coefficient (Wildman–Crippen LogP) is 3.82. The second-order valence-corrected chi connectivity index (χ2v) is 6.84. The van der Waals surface area contributed by atoms with E-state index >= 15 is 0 Å². The van der Waals surface area contributed by atoms with E-state index in [1.807, 2.05) is 36.4 Å². The zero-order chi connectivity index (χ0) is 17.2. The summed E-state index contributed by atoms with van der Waals surface area (Å²) in [6.45, 7) is 0. The molecule has 0 bridgehead atoms. The molecule has 0 saturated carbocycles. The monoisotopic (exact) mass is 368 g/mol. The molecule has 0 fully saturated rings. The largest absolute Gasteiger partial charge is 0.384 e. The Morgan fingerprint density at radius 2 is 1.96 bits per heavy atom. The average molecular weight is 369 g/mol. The maximum absolute atomic E-state index is 5.97. The SMILES string of the molecule is Nc1cc(-c2nc(Cc3ccc(Cl)cc3)c(-c3ncn[nH]3)s2)ccn1. The topological polar surface area (TPSA) is 93.4 Å². The Morgan fingerprint density at radius 3 is 2.68 bits per heavy atom. The smallest absolute Gasteiger partial charge is 0.167 e. The van der Waals surface area contributed by atoms with Crippen LogP contribution in [0.5, 0.6) is 0 Å². The van der Waals surface area contributed by atoms with Gasteiger partial charge in [0.25, 0.3) is 0 Å². The number of nitrogens with zero attached hydrogens (tertiary/aromatic N) is 4. The minimum Gasteiger partial charge on any atom is -0.384 e. The summed E-state index contributed by atoms with van der Waals surface area (Å²) in [5.41, 5.74) is 8.78. The van der Waals surface area contributed by atoms with Crippen LogP contribution in [0.4, 0.5) is 5.82 Å². The number of nitrogen functional groups attached to an aromatic ring is 1. The third-order valence-corrected chi connectivity index (χ3v) is 5.05. The molecule has 0 unspecified atom stereocenters. The summed E-state index contributed by atoms with van der Waals surface area (Å²) in [6, 6.07) is 11.5. The van der Waals surface area contributed by atoms with Gasteiger partial charge in [0, 0.05) is 23.2 Å². The molecule has 124 valence electrons. The number of H-pyrrole nitrogens is 1. The number of hydrogen-bond acceptors (Lipinski definition) is 6. The number of thiazole rings is 1. The van der Waals surface area contributed by atoms with Gasteiger partial charge in [-0.05, 0) is 29.8 Å². The summed E-state index contributed by atoms with van der Waals surface area (Å²) in [5.74, 6) is 1.17. The zero-order valence-electron chi connectivity index (χ0n) is 13.0. The third-order valence-electron chi connectivity index (χ3n) is 3.64. The molecule has 0 spiro atoms. The number of rotatable bonds is 4. The van der Waals surface area contributed by atoms with Crippen molar-refractivity contribution < 1.29 is 0 Å². The molecule has 0 amide bonds. The number of nitrogens with two attached hydrogens (primary N) is 1. The first-order valence-electron chi connectivity index (χ1n) is 7.51. The normalized spacial score (nSPS) is 10.9. The molecule has 0 saturated heterocycles. The molecule has 0 aliphatic rings. The van der Waals surface area contributed by atoms with Crippen LogP contribution in [0, 0.1) is 0 Å². The van der Waals surface area contributed by atoms with E-state index in [-0.39, 0.29) is 0 Å². The van der Waals surface area contributed by atoms with Crippen LogP contribution >= 0.6 is 22.9 Å². The van der Waals surface area contributed by atoms with Crippen LogP contribution in [0.1, 0.15) is 11.3 Å². The van der Waals surface area contributed by atoms with Crippen LogP contribution in [-0.2, 0) is 6.42 Å². The fourth-order valence-electron chi connectivity index (χ4n) is 2.47. The van der Waals surface area contributed by atoms with Crippen molar-refractivity contribution in [2.75, 3.05) is 5.73 Å². The highest BCUT2D eigenvalue weighted by Crippen LogP contribution is 2.35. The van der Waals surface area contributed by atoms with Crippen LogP contribution < -0.4 is 5.73 Å². The second-order valence-electron chi connectivity index (χ2n) is 5.40. The molecular weight excluding hydrogens is 356 g/mol. The molecule has 0 aliphatic heterocycles. The van der Waals surface area contributed by atoms with Crippen LogP contribution in [-0.4, -0.2) is 25.1 Å². The number of anilines is 1. The molecule has 0 radical (unpaired) electrons. The number of benzene rings is 1. The highest BCUT2D eigenvalue weighted by atomic mass is 35.5. The van der Waals surface area contributed by atoms with Gasteiger partial charge in [-0.3, -0.25) is 5.10 Å².